The summed E-state index contributed by atoms with van der Waals surface area (Å²) in [5.41, 5.74) is 2.21. The van der Waals surface area contributed by atoms with Gasteiger partial charge in [0.15, 0.2) is 11.5 Å². The zero-order chi connectivity index (χ0) is 19.9. The molecule has 0 saturated carbocycles. The van der Waals surface area contributed by atoms with Crippen molar-refractivity contribution < 1.29 is 14.1 Å². The van der Waals surface area contributed by atoms with Gasteiger partial charge in [-0.1, -0.05) is 59.6 Å². The van der Waals surface area contributed by atoms with Crippen molar-refractivity contribution in [2.45, 2.75) is 19.5 Å². The number of halogens is 2. The van der Waals surface area contributed by atoms with Crippen LogP contribution in [0.3, 0.4) is 0 Å². The van der Waals surface area contributed by atoms with Crippen LogP contribution in [0.25, 0.3) is 0 Å². The lowest BCUT2D eigenvalue weighted by atomic mass is 10.1. The number of carbonyl (C=O) groups is 1. The second-order valence-corrected chi connectivity index (χ2v) is 7.65. The number of amides is 1. The van der Waals surface area contributed by atoms with Gasteiger partial charge in [-0.3, -0.25) is 4.79 Å². The molecule has 2 N–H and O–H groups in total. The van der Waals surface area contributed by atoms with Crippen LogP contribution in [0, 0.1) is 0 Å². The second-order valence-electron chi connectivity index (χ2n) is 6.80. The summed E-state index contributed by atoms with van der Waals surface area (Å²) < 4.78 is 5.72. The molecule has 0 radical (unpaired) electrons. The van der Waals surface area contributed by atoms with Crippen LogP contribution < -0.4 is 10.2 Å². The fourth-order valence-corrected chi connectivity index (χ4v) is 3.52. The first-order chi connectivity index (χ1) is 13.5. The van der Waals surface area contributed by atoms with E-state index in [1.807, 2.05) is 30.3 Å². The SMILES string of the molecule is C[NH+](Cc1ccccc1)Cc1ccc(C(=O)NCCc2ccc(Cl)cc2Cl)o1. The topological polar surface area (TPSA) is 46.7 Å². The summed E-state index contributed by atoms with van der Waals surface area (Å²) in [4.78, 5) is 13.6. The van der Waals surface area contributed by atoms with Crippen molar-refractivity contribution in [2.75, 3.05) is 13.6 Å². The van der Waals surface area contributed by atoms with Crippen LogP contribution in [0.2, 0.25) is 10.0 Å². The van der Waals surface area contributed by atoms with E-state index in [-0.39, 0.29) is 5.91 Å². The molecule has 3 rings (SSSR count). The first-order valence-electron chi connectivity index (χ1n) is 9.17. The van der Waals surface area contributed by atoms with E-state index < -0.39 is 0 Å². The normalized spacial score (nSPS) is 12.0. The van der Waals surface area contributed by atoms with E-state index in [9.17, 15) is 4.79 Å². The average Bonchev–Trinajstić information content (AvgIpc) is 3.12. The number of hydrogen-bond donors (Lipinski definition) is 2. The molecule has 1 amide bonds. The third kappa shape index (κ3) is 5.86. The van der Waals surface area contributed by atoms with Gasteiger partial charge in [-0.25, -0.2) is 0 Å². The van der Waals surface area contributed by atoms with Gasteiger partial charge in [-0.15, -0.1) is 0 Å². The highest BCUT2D eigenvalue weighted by molar-refractivity contribution is 6.35. The van der Waals surface area contributed by atoms with E-state index in [1.54, 1.807) is 18.2 Å². The van der Waals surface area contributed by atoms with Crippen molar-refractivity contribution in [3.05, 3.63) is 93.4 Å². The summed E-state index contributed by atoms with van der Waals surface area (Å²) in [7, 11) is 2.10. The second kappa shape index (κ2) is 9.78. The van der Waals surface area contributed by atoms with Crippen LogP contribution in [0.4, 0.5) is 0 Å². The van der Waals surface area contributed by atoms with Crippen molar-refractivity contribution in [1.82, 2.24) is 5.32 Å². The zero-order valence-electron chi connectivity index (χ0n) is 15.7. The van der Waals surface area contributed by atoms with Crippen molar-refractivity contribution >= 4 is 29.1 Å². The Kier molecular flexibility index (Phi) is 7.15. The Balaban J connectivity index is 1.48. The molecule has 28 heavy (non-hydrogen) atoms. The molecule has 146 valence electrons. The lowest BCUT2D eigenvalue weighted by Gasteiger charge is -2.12. The van der Waals surface area contributed by atoms with Gasteiger partial charge in [-0.05, 0) is 36.2 Å². The van der Waals surface area contributed by atoms with E-state index in [4.69, 9.17) is 27.6 Å². The molecule has 0 aliphatic carbocycles. The maximum atomic E-state index is 12.3. The molecule has 0 fully saturated rings. The highest BCUT2D eigenvalue weighted by atomic mass is 35.5. The molecule has 0 spiro atoms. The van der Waals surface area contributed by atoms with Crippen molar-refractivity contribution in [2.24, 2.45) is 0 Å². The van der Waals surface area contributed by atoms with Gasteiger partial charge in [0, 0.05) is 22.2 Å². The number of quaternary nitrogens is 1. The lowest BCUT2D eigenvalue weighted by molar-refractivity contribution is -0.908. The van der Waals surface area contributed by atoms with Crippen molar-refractivity contribution in [3.63, 3.8) is 0 Å². The Hall–Kier alpha value is -2.27. The average molecular weight is 418 g/mol. The summed E-state index contributed by atoms with van der Waals surface area (Å²) in [6.45, 7) is 2.07. The maximum absolute atomic E-state index is 12.3. The molecule has 1 heterocycles. The molecule has 0 bridgehead atoms. The highest BCUT2D eigenvalue weighted by Gasteiger charge is 2.14. The quantitative estimate of drug-likeness (QED) is 0.585. The Bertz CT molecular complexity index is 925. The molecule has 0 aliphatic rings. The summed E-state index contributed by atoms with van der Waals surface area (Å²) in [5.74, 6) is 0.890. The van der Waals surface area contributed by atoms with E-state index in [0.717, 1.165) is 17.9 Å². The third-order valence-electron chi connectivity index (χ3n) is 4.41. The molecule has 0 aliphatic heterocycles. The number of carbonyl (C=O) groups excluding carboxylic acids is 1. The first-order valence-corrected chi connectivity index (χ1v) is 9.93. The third-order valence-corrected chi connectivity index (χ3v) is 4.99. The number of rotatable bonds is 8. The Labute approximate surface area is 175 Å². The number of furan rings is 1. The van der Waals surface area contributed by atoms with Gasteiger partial charge < -0.3 is 14.6 Å². The predicted octanol–water partition coefficient (Wildman–Crippen LogP) is 3.77. The van der Waals surface area contributed by atoms with Crippen molar-refractivity contribution in [3.8, 4) is 0 Å². The minimum absolute atomic E-state index is 0.225. The summed E-state index contributed by atoms with van der Waals surface area (Å²) in [6, 6.07) is 19.2. The molecular formula is C22H23Cl2N2O2+. The Morgan fingerprint density at radius 3 is 2.57 bits per heavy atom. The molecule has 6 heteroatoms. The number of benzene rings is 2. The minimum Gasteiger partial charge on any atom is -0.450 e. The van der Waals surface area contributed by atoms with Crippen LogP contribution in [0.1, 0.15) is 27.4 Å². The Morgan fingerprint density at radius 1 is 1.04 bits per heavy atom. The first kappa shape index (κ1) is 20.5. The van der Waals surface area contributed by atoms with E-state index in [0.29, 0.717) is 35.3 Å². The van der Waals surface area contributed by atoms with Crippen LogP contribution in [0.15, 0.2) is 65.1 Å². The van der Waals surface area contributed by atoms with Gasteiger partial charge in [0.2, 0.25) is 0 Å². The summed E-state index contributed by atoms with van der Waals surface area (Å²) in [6.07, 6.45) is 0.624. The molecule has 1 atom stereocenters. The summed E-state index contributed by atoms with van der Waals surface area (Å²) >= 11 is 12.1. The molecule has 1 aromatic heterocycles. The van der Waals surface area contributed by atoms with Gasteiger partial charge in [0.1, 0.15) is 13.1 Å². The molecular weight excluding hydrogens is 395 g/mol. The Morgan fingerprint density at radius 2 is 1.82 bits per heavy atom. The van der Waals surface area contributed by atoms with E-state index in [1.165, 1.54) is 10.5 Å². The fourth-order valence-electron chi connectivity index (χ4n) is 3.02. The number of hydrogen-bond acceptors (Lipinski definition) is 2. The van der Waals surface area contributed by atoms with Crippen LogP contribution >= 0.6 is 23.2 Å². The highest BCUT2D eigenvalue weighted by Crippen LogP contribution is 2.21. The van der Waals surface area contributed by atoms with Gasteiger partial charge in [0.25, 0.3) is 5.91 Å². The predicted molar refractivity (Wildman–Crippen MR) is 112 cm³/mol. The molecule has 4 nitrogen and oxygen atoms in total. The zero-order valence-corrected chi connectivity index (χ0v) is 17.2. The maximum Gasteiger partial charge on any atom is 0.287 e. The molecule has 2 aromatic carbocycles. The molecule has 0 saturated heterocycles. The van der Waals surface area contributed by atoms with Crippen molar-refractivity contribution in [1.29, 1.82) is 0 Å². The summed E-state index contributed by atoms with van der Waals surface area (Å²) in [5, 5.41) is 4.07. The largest absolute Gasteiger partial charge is 0.450 e. The van der Waals surface area contributed by atoms with Crippen LogP contribution in [-0.4, -0.2) is 19.5 Å². The molecule has 3 aromatic rings. The monoisotopic (exact) mass is 417 g/mol. The fraction of sp³-hybridized carbons (Fsp3) is 0.227. The minimum atomic E-state index is -0.225. The van der Waals surface area contributed by atoms with E-state index >= 15 is 0 Å². The number of nitrogens with one attached hydrogen (secondary N) is 2. The molecule has 1 unspecified atom stereocenters. The van der Waals surface area contributed by atoms with Gasteiger partial charge in [0.05, 0.1) is 7.05 Å². The van der Waals surface area contributed by atoms with Crippen LogP contribution in [0.5, 0.6) is 0 Å². The lowest BCUT2D eigenvalue weighted by Crippen LogP contribution is -3.06. The van der Waals surface area contributed by atoms with Gasteiger partial charge >= 0.3 is 0 Å². The van der Waals surface area contributed by atoms with E-state index in [2.05, 4.69) is 24.5 Å². The smallest absolute Gasteiger partial charge is 0.287 e. The standard InChI is InChI=1S/C22H22Cl2N2O2/c1-26(14-16-5-3-2-4-6-16)15-19-9-10-21(28-19)22(27)25-12-11-17-7-8-18(23)13-20(17)24/h2-10,13H,11-12,14-15H2,1H3,(H,25,27)/p+1. The van der Waals surface area contributed by atoms with Crippen LogP contribution in [-0.2, 0) is 19.5 Å². The van der Waals surface area contributed by atoms with Gasteiger partial charge in [-0.2, -0.15) is 0 Å².